The van der Waals surface area contributed by atoms with Gasteiger partial charge in [-0.3, -0.25) is 19.2 Å². The molecule has 0 bridgehead atoms. The van der Waals surface area contributed by atoms with Gasteiger partial charge in [0.05, 0.1) is 6.04 Å². The van der Waals surface area contributed by atoms with Crippen LogP contribution in [0.1, 0.15) is 40.0 Å². The van der Waals surface area contributed by atoms with Crippen LogP contribution in [0, 0.1) is 5.92 Å². The highest BCUT2D eigenvalue weighted by atomic mass is 32.1. The van der Waals surface area contributed by atoms with Crippen molar-refractivity contribution < 1.29 is 29.1 Å². The number of rotatable bonds is 13. The molecule has 8 N–H and O–H groups in total. The first-order valence-corrected chi connectivity index (χ1v) is 9.86. The average Bonchev–Trinajstić information content (AvgIpc) is 2.66. The van der Waals surface area contributed by atoms with Gasteiger partial charge in [-0.25, -0.2) is 4.79 Å². The Labute approximate surface area is 175 Å². The van der Waals surface area contributed by atoms with Crippen molar-refractivity contribution in [1.82, 2.24) is 16.0 Å². The van der Waals surface area contributed by atoms with Crippen LogP contribution >= 0.6 is 12.6 Å². The maximum Gasteiger partial charge on any atom is 0.327 e. The molecule has 166 valence electrons. The van der Waals surface area contributed by atoms with Crippen LogP contribution in [0.2, 0.25) is 0 Å². The minimum Gasteiger partial charge on any atom is -0.480 e. The van der Waals surface area contributed by atoms with E-state index in [4.69, 9.17) is 16.6 Å². The number of hydrogen-bond donors (Lipinski definition) is 7. The van der Waals surface area contributed by atoms with Gasteiger partial charge in [0.1, 0.15) is 18.1 Å². The number of carboxylic acid groups (broad SMARTS) is 1. The van der Waals surface area contributed by atoms with Gasteiger partial charge in [0.2, 0.25) is 23.6 Å². The Morgan fingerprint density at radius 1 is 1.00 bits per heavy atom. The van der Waals surface area contributed by atoms with Crippen molar-refractivity contribution in [3.05, 3.63) is 0 Å². The van der Waals surface area contributed by atoms with Crippen LogP contribution in [-0.4, -0.2) is 64.6 Å². The van der Waals surface area contributed by atoms with E-state index in [-0.39, 0.29) is 24.5 Å². The smallest absolute Gasteiger partial charge is 0.327 e. The standard InChI is InChI=1S/C17H31N5O6S/c1-4-8(2)13(16(26)21-11(7-29)17(27)28)22-14(24)9(3)20-15(25)10(18)5-6-12(19)23/h8-11,13,29H,4-7,18H2,1-3H3,(H2,19,23)(H,20,25)(H,21,26)(H,22,24)(H,27,28). The second-order valence-corrected chi connectivity index (χ2v) is 7.16. The van der Waals surface area contributed by atoms with E-state index >= 15 is 0 Å². The van der Waals surface area contributed by atoms with Crippen LogP contribution in [0.5, 0.6) is 0 Å². The summed E-state index contributed by atoms with van der Waals surface area (Å²) in [5, 5.41) is 16.3. The van der Waals surface area contributed by atoms with Gasteiger partial charge in [-0.15, -0.1) is 0 Å². The van der Waals surface area contributed by atoms with Gasteiger partial charge < -0.3 is 32.5 Å². The minimum atomic E-state index is -1.24. The zero-order valence-corrected chi connectivity index (χ0v) is 17.7. The van der Waals surface area contributed by atoms with Gasteiger partial charge in [0.25, 0.3) is 0 Å². The molecule has 0 heterocycles. The first kappa shape index (κ1) is 26.7. The first-order valence-electron chi connectivity index (χ1n) is 9.23. The van der Waals surface area contributed by atoms with Crippen molar-refractivity contribution in [2.45, 2.75) is 64.2 Å². The normalized spacial score (nSPS) is 15.9. The van der Waals surface area contributed by atoms with Crippen molar-refractivity contribution >= 4 is 42.2 Å². The second-order valence-electron chi connectivity index (χ2n) is 6.80. The fourth-order valence-electron chi connectivity index (χ4n) is 2.24. The average molecular weight is 434 g/mol. The molecule has 0 rings (SSSR count). The van der Waals surface area contributed by atoms with Crippen LogP contribution in [0.25, 0.3) is 0 Å². The number of nitrogens with two attached hydrogens (primary N) is 2. The maximum absolute atomic E-state index is 12.5. The molecule has 0 fully saturated rings. The lowest BCUT2D eigenvalue weighted by Gasteiger charge is -2.26. The molecular formula is C17H31N5O6S. The van der Waals surface area contributed by atoms with Gasteiger partial charge in [0.15, 0.2) is 0 Å². The van der Waals surface area contributed by atoms with E-state index < -0.39 is 53.8 Å². The highest BCUT2D eigenvalue weighted by Crippen LogP contribution is 2.09. The van der Waals surface area contributed by atoms with Crippen molar-refractivity contribution in [3.63, 3.8) is 0 Å². The number of nitrogens with one attached hydrogen (secondary N) is 3. The fraction of sp³-hybridized carbons (Fsp3) is 0.706. The third kappa shape index (κ3) is 9.61. The molecule has 5 atom stereocenters. The molecule has 0 aliphatic rings. The molecule has 5 unspecified atom stereocenters. The number of aliphatic carboxylic acids is 1. The number of amides is 4. The molecule has 11 nitrogen and oxygen atoms in total. The van der Waals surface area contributed by atoms with Crippen molar-refractivity contribution in [1.29, 1.82) is 0 Å². The first-order chi connectivity index (χ1) is 13.4. The predicted molar refractivity (Wildman–Crippen MR) is 109 cm³/mol. The highest BCUT2D eigenvalue weighted by molar-refractivity contribution is 7.80. The van der Waals surface area contributed by atoms with Gasteiger partial charge in [0, 0.05) is 12.2 Å². The summed E-state index contributed by atoms with van der Waals surface area (Å²) >= 11 is 3.89. The SMILES string of the molecule is CCC(C)C(NC(=O)C(C)NC(=O)C(N)CCC(N)=O)C(=O)NC(CS)C(=O)O. The Hall–Kier alpha value is -2.34. The van der Waals surface area contributed by atoms with E-state index in [1.54, 1.807) is 6.92 Å². The number of carboxylic acids is 1. The molecule has 0 radical (unpaired) electrons. The van der Waals surface area contributed by atoms with Gasteiger partial charge in [-0.1, -0.05) is 20.3 Å². The van der Waals surface area contributed by atoms with Crippen LogP contribution in [0.3, 0.4) is 0 Å². The number of thiol groups is 1. The summed E-state index contributed by atoms with van der Waals surface area (Å²) in [4.78, 5) is 58.8. The van der Waals surface area contributed by atoms with E-state index in [1.165, 1.54) is 6.92 Å². The van der Waals surface area contributed by atoms with Crippen LogP contribution in [0.4, 0.5) is 0 Å². The topological polar surface area (TPSA) is 194 Å². The predicted octanol–water partition coefficient (Wildman–Crippen LogP) is -1.89. The lowest BCUT2D eigenvalue weighted by molar-refractivity contribution is -0.142. The molecule has 4 amide bonds. The second kappa shape index (κ2) is 13.0. The summed E-state index contributed by atoms with van der Waals surface area (Å²) in [6, 6.07) is -4.23. The third-order valence-electron chi connectivity index (χ3n) is 4.38. The molecular weight excluding hydrogens is 402 g/mol. The fourth-order valence-corrected chi connectivity index (χ4v) is 2.49. The Balaban J connectivity index is 5.00. The Morgan fingerprint density at radius 2 is 1.59 bits per heavy atom. The minimum absolute atomic E-state index is 0.0354. The monoisotopic (exact) mass is 433 g/mol. The summed E-state index contributed by atoms with van der Waals surface area (Å²) in [6.45, 7) is 4.95. The van der Waals surface area contributed by atoms with E-state index in [9.17, 15) is 24.0 Å². The molecule has 0 aliphatic heterocycles. The summed E-state index contributed by atoms with van der Waals surface area (Å²) in [7, 11) is 0. The van der Waals surface area contributed by atoms with Crippen LogP contribution in [-0.2, 0) is 24.0 Å². The molecule has 0 aliphatic carbocycles. The lowest BCUT2D eigenvalue weighted by atomic mass is 9.97. The van der Waals surface area contributed by atoms with E-state index in [1.807, 2.05) is 6.92 Å². The molecule has 0 saturated carbocycles. The van der Waals surface area contributed by atoms with Gasteiger partial charge >= 0.3 is 5.97 Å². The molecule has 0 saturated heterocycles. The summed E-state index contributed by atoms with van der Waals surface area (Å²) < 4.78 is 0. The zero-order chi connectivity index (χ0) is 22.7. The van der Waals surface area contributed by atoms with Crippen molar-refractivity contribution in [2.24, 2.45) is 17.4 Å². The molecule has 12 heteroatoms. The van der Waals surface area contributed by atoms with E-state index in [0.717, 1.165) is 0 Å². The summed E-state index contributed by atoms with van der Waals surface area (Å²) in [5.41, 5.74) is 10.7. The van der Waals surface area contributed by atoms with E-state index in [2.05, 4.69) is 28.6 Å². The Kier molecular flexibility index (Phi) is 11.9. The Morgan fingerprint density at radius 3 is 2.03 bits per heavy atom. The quantitative estimate of drug-likeness (QED) is 0.165. The Bertz CT molecular complexity index is 617. The third-order valence-corrected chi connectivity index (χ3v) is 4.75. The van der Waals surface area contributed by atoms with E-state index in [0.29, 0.717) is 6.42 Å². The largest absolute Gasteiger partial charge is 0.480 e. The van der Waals surface area contributed by atoms with Crippen LogP contribution in [0.15, 0.2) is 0 Å². The molecule has 0 aromatic rings. The highest BCUT2D eigenvalue weighted by Gasteiger charge is 2.31. The molecule has 29 heavy (non-hydrogen) atoms. The van der Waals surface area contributed by atoms with Gasteiger partial charge in [-0.05, 0) is 19.3 Å². The summed E-state index contributed by atoms with van der Waals surface area (Å²) in [6.07, 6.45) is 0.505. The maximum atomic E-state index is 12.5. The molecule has 0 aromatic heterocycles. The number of hydrogen-bond acceptors (Lipinski definition) is 7. The van der Waals surface area contributed by atoms with Gasteiger partial charge in [-0.2, -0.15) is 12.6 Å². The molecule has 0 spiro atoms. The molecule has 0 aromatic carbocycles. The van der Waals surface area contributed by atoms with Crippen LogP contribution < -0.4 is 27.4 Å². The number of carbonyl (C=O) groups is 5. The van der Waals surface area contributed by atoms with Crippen molar-refractivity contribution in [3.8, 4) is 0 Å². The van der Waals surface area contributed by atoms with Crippen molar-refractivity contribution in [2.75, 3.05) is 5.75 Å². The number of primary amides is 1. The zero-order valence-electron chi connectivity index (χ0n) is 16.8. The summed E-state index contributed by atoms with van der Waals surface area (Å²) in [5.74, 6) is -4.19. The number of carbonyl (C=O) groups excluding carboxylic acids is 4. The lowest BCUT2D eigenvalue weighted by Crippen LogP contribution is -2.58.